The molecular formula is C14H17N3O2S2. The number of amides is 2. The van der Waals surface area contributed by atoms with Gasteiger partial charge >= 0.3 is 0 Å². The predicted octanol–water partition coefficient (Wildman–Crippen LogP) is 2.54. The van der Waals surface area contributed by atoms with Gasteiger partial charge in [-0.15, -0.1) is 22.7 Å². The summed E-state index contributed by atoms with van der Waals surface area (Å²) >= 11 is 2.96. The van der Waals surface area contributed by atoms with E-state index in [2.05, 4.69) is 12.2 Å². The summed E-state index contributed by atoms with van der Waals surface area (Å²) in [6.45, 7) is 2.30. The van der Waals surface area contributed by atoms with E-state index in [-0.39, 0.29) is 18.5 Å². The van der Waals surface area contributed by atoms with Crippen LogP contribution in [0.3, 0.4) is 0 Å². The van der Waals surface area contributed by atoms with E-state index in [1.54, 1.807) is 22.8 Å². The Labute approximate surface area is 131 Å². The number of hydrogen-bond donors (Lipinski definition) is 2. The zero-order valence-electron chi connectivity index (χ0n) is 11.8. The highest BCUT2D eigenvalue weighted by atomic mass is 32.1. The Balaban J connectivity index is 1.95. The molecule has 2 aromatic heterocycles. The van der Waals surface area contributed by atoms with Crippen LogP contribution in [0.2, 0.25) is 0 Å². The van der Waals surface area contributed by atoms with Crippen molar-refractivity contribution < 1.29 is 9.59 Å². The number of hydrogen-bond acceptors (Lipinski definition) is 5. The van der Waals surface area contributed by atoms with Gasteiger partial charge in [0.15, 0.2) is 0 Å². The van der Waals surface area contributed by atoms with E-state index in [1.165, 1.54) is 16.2 Å². The van der Waals surface area contributed by atoms with Gasteiger partial charge in [-0.3, -0.25) is 14.5 Å². The predicted molar refractivity (Wildman–Crippen MR) is 86.8 cm³/mol. The van der Waals surface area contributed by atoms with Crippen molar-refractivity contribution in [3.8, 4) is 0 Å². The maximum absolute atomic E-state index is 12.1. The summed E-state index contributed by atoms with van der Waals surface area (Å²) in [7, 11) is 1.90. The van der Waals surface area contributed by atoms with Crippen LogP contribution in [0.4, 0.5) is 5.00 Å². The minimum Gasteiger partial charge on any atom is -0.366 e. The lowest BCUT2D eigenvalue weighted by Gasteiger charge is -2.23. The molecule has 21 heavy (non-hydrogen) atoms. The van der Waals surface area contributed by atoms with Gasteiger partial charge in [-0.25, -0.2) is 0 Å². The number of nitrogens with one attached hydrogen (secondary N) is 1. The van der Waals surface area contributed by atoms with Crippen molar-refractivity contribution in [3.63, 3.8) is 0 Å². The van der Waals surface area contributed by atoms with Gasteiger partial charge in [0.2, 0.25) is 5.91 Å². The Kier molecular flexibility index (Phi) is 5.11. The molecule has 0 aliphatic carbocycles. The van der Waals surface area contributed by atoms with Crippen molar-refractivity contribution in [1.82, 2.24) is 4.90 Å². The van der Waals surface area contributed by atoms with Gasteiger partial charge in [0.25, 0.3) is 5.91 Å². The van der Waals surface area contributed by atoms with Crippen molar-refractivity contribution in [3.05, 3.63) is 39.4 Å². The lowest BCUT2D eigenvalue weighted by atomic mass is 10.2. The summed E-state index contributed by atoms with van der Waals surface area (Å²) in [5, 5.41) is 7.00. The largest absolute Gasteiger partial charge is 0.366 e. The van der Waals surface area contributed by atoms with E-state index in [0.717, 1.165) is 0 Å². The third kappa shape index (κ3) is 3.90. The fourth-order valence-electron chi connectivity index (χ4n) is 1.88. The summed E-state index contributed by atoms with van der Waals surface area (Å²) in [5.74, 6) is -0.697. The number of nitrogens with zero attached hydrogens (tertiary/aromatic N) is 1. The quantitative estimate of drug-likeness (QED) is 0.858. The first-order chi connectivity index (χ1) is 9.99. The molecular weight excluding hydrogens is 306 g/mol. The highest BCUT2D eigenvalue weighted by Crippen LogP contribution is 2.24. The second-order valence-corrected chi connectivity index (χ2v) is 6.58. The van der Waals surface area contributed by atoms with Crippen molar-refractivity contribution in [2.75, 3.05) is 18.9 Å². The number of likely N-dealkylation sites (N-methyl/N-ethyl adjacent to an activating group) is 1. The summed E-state index contributed by atoms with van der Waals surface area (Å²) < 4.78 is 0. The number of carbonyl (C=O) groups is 2. The van der Waals surface area contributed by atoms with Crippen LogP contribution in [-0.4, -0.2) is 30.3 Å². The fourth-order valence-corrected chi connectivity index (χ4v) is 3.53. The van der Waals surface area contributed by atoms with Crippen LogP contribution in [0.1, 0.15) is 28.2 Å². The number of thiophene rings is 2. The van der Waals surface area contributed by atoms with Gasteiger partial charge in [-0.2, -0.15) is 0 Å². The zero-order chi connectivity index (χ0) is 15.4. The smallest absolute Gasteiger partial charge is 0.251 e. The maximum atomic E-state index is 12.1. The van der Waals surface area contributed by atoms with Gasteiger partial charge < -0.3 is 11.1 Å². The van der Waals surface area contributed by atoms with Crippen LogP contribution in [0, 0.1) is 0 Å². The lowest BCUT2D eigenvalue weighted by Crippen LogP contribution is -2.32. The van der Waals surface area contributed by atoms with E-state index >= 15 is 0 Å². The Morgan fingerprint density at radius 1 is 1.33 bits per heavy atom. The SMILES string of the molecule is C[C@@H](c1cccs1)N(C)CC(=O)Nc1sccc1C(N)=O. The number of carbonyl (C=O) groups excluding carboxylic acids is 2. The van der Waals surface area contributed by atoms with E-state index in [9.17, 15) is 9.59 Å². The molecule has 1 atom stereocenters. The average Bonchev–Trinajstić information content (AvgIpc) is 3.08. The van der Waals surface area contributed by atoms with E-state index in [1.807, 2.05) is 29.5 Å². The molecule has 2 heterocycles. The topological polar surface area (TPSA) is 75.4 Å². The molecule has 0 saturated carbocycles. The average molecular weight is 323 g/mol. The van der Waals surface area contributed by atoms with E-state index < -0.39 is 5.91 Å². The van der Waals surface area contributed by atoms with Crippen LogP contribution in [0.15, 0.2) is 29.0 Å². The van der Waals surface area contributed by atoms with Crippen molar-refractivity contribution in [1.29, 1.82) is 0 Å². The summed E-state index contributed by atoms with van der Waals surface area (Å²) in [6, 6.07) is 5.82. The molecule has 0 aliphatic rings. The third-order valence-electron chi connectivity index (χ3n) is 3.19. The molecule has 3 N–H and O–H groups in total. The Hall–Kier alpha value is -1.70. The first-order valence-corrected chi connectivity index (χ1v) is 8.15. The van der Waals surface area contributed by atoms with Crippen molar-refractivity contribution in [2.24, 2.45) is 5.73 Å². The molecule has 5 nitrogen and oxygen atoms in total. The maximum Gasteiger partial charge on any atom is 0.251 e. The summed E-state index contributed by atoms with van der Waals surface area (Å²) in [6.07, 6.45) is 0. The second-order valence-electron chi connectivity index (χ2n) is 4.68. The summed E-state index contributed by atoms with van der Waals surface area (Å²) in [5.41, 5.74) is 5.61. The van der Waals surface area contributed by atoms with Gasteiger partial charge in [-0.1, -0.05) is 6.07 Å². The molecule has 0 aromatic carbocycles. The molecule has 0 fully saturated rings. The molecule has 7 heteroatoms. The molecule has 0 unspecified atom stereocenters. The molecule has 0 spiro atoms. The first-order valence-electron chi connectivity index (χ1n) is 6.40. The second kappa shape index (κ2) is 6.84. The Morgan fingerprint density at radius 3 is 2.71 bits per heavy atom. The molecule has 112 valence electrons. The molecule has 0 aliphatic heterocycles. The van der Waals surface area contributed by atoms with Crippen LogP contribution in [-0.2, 0) is 4.79 Å². The monoisotopic (exact) mass is 323 g/mol. The van der Waals surface area contributed by atoms with Gasteiger partial charge in [0.1, 0.15) is 5.00 Å². The normalized spacial score (nSPS) is 12.3. The van der Waals surface area contributed by atoms with Crippen LogP contribution >= 0.6 is 22.7 Å². The minimum atomic E-state index is -0.535. The summed E-state index contributed by atoms with van der Waals surface area (Å²) in [4.78, 5) is 26.5. The fraction of sp³-hybridized carbons (Fsp3) is 0.286. The first kappa shape index (κ1) is 15.7. The molecule has 0 bridgehead atoms. The molecule has 2 aromatic rings. The number of rotatable bonds is 6. The minimum absolute atomic E-state index is 0.161. The van der Waals surface area contributed by atoms with Gasteiger partial charge in [0.05, 0.1) is 12.1 Å². The van der Waals surface area contributed by atoms with Crippen LogP contribution in [0.5, 0.6) is 0 Å². The molecule has 2 rings (SSSR count). The highest BCUT2D eigenvalue weighted by molar-refractivity contribution is 7.14. The van der Waals surface area contributed by atoms with Gasteiger partial charge in [0, 0.05) is 10.9 Å². The van der Waals surface area contributed by atoms with E-state index in [4.69, 9.17) is 5.73 Å². The van der Waals surface area contributed by atoms with Gasteiger partial charge in [-0.05, 0) is 36.9 Å². The van der Waals surface area contributed by atoms with Crippen LogP contribution < -0.4 is 11.1 Å². The number of nitrogens with two attached hydrogens (primary N) is 1. The highest BCUT2D eigenvalue weighted by Gasteiger charge is 2.17. The van der Waals surface area contributed by atoms with Crippen molar-refractivity contribution in [2.45, 2.75) is 13.0 Å². The van der Waals surface area contributed by atoms with Crippen molar-refractivity contribution >= 4 is 39.5 Å². The van der Waals surface area contributed by atoms with Crippen LogP contribution in [0.25, 0.3) is 0 Å². The molecule has 2 amide bonds. The zero-order valence-corrected chi connectivity index (χ0v) is 13.5. The third-order valence-corrected chi connectivity index (χ3v) is 5.07. The Morgan fingerprint density at radius 2 is 2.10 bits per heavy atom. The van der Waals surface area contributed by atoms with E-state index in [0.29, 0.717) is 10.6 Å². The number of anilines is 1. The molecule has 0 radical (unpaired) electrons. The number of primary amides is 1. The lowest BCUT2D eigenvalue weighted by molar-refractivity contribution is -0.117. The molecule has 0 saturated heterocycles. The Bertz CT molecular complexity index is 622. The standard InChI is InChI=1S/C14H17N3O2S2/c1-9(11-4-3-6-20-11)17(2)8-12(18)16-14-10(13(15)19)5-7-21-14/h3-7,9H,8H2,1-2H3,(H2,15,19)(H,16,18)/t9-/m0/s1.